The Balaban J connectivity index is 4.66. The Hall–Kier alpha value is -1.51. The van der Waals surface area contributed by atoms with Gasteiger partial charge in [0.05, 0.1) is 0 Å². The van der Waals surface area contributed by atoms with Crippen LogP contribution in [-0.4, -0.2) is 12.6 Å². The second-order valence-corrected chi connectivity index (χ2v) is 2.73. The lowest BCUT2D eigenvalue weighted by atomic mass is 10.1. The molecule has 0 amide bonds. The van der Waals surface area contributed by atoms with Gasteiger partial charge in [0, 0.05) is 6.42 Å². The highest BCUT2D eigenvalue weighted by atomic mass is 19.1. The Morgan fingerprint density at radius 1 is 1.29 bits per heavy atom. The van der Waals surface area contributed by atoms with Gasteiger partial charge < -0.3 is 4.79 Å². The molecule has 0 saturated carbocycles. The minimum Gasteiger partial charge on any atom is -0.303 e. The number of aldehydes is 2. The predicted molar refractivity (Wildman–Crippen MR) is 53.5 cm³/mol. The van der Waals surface area contributed by atoms with Gasteiger partial charge in [0.25, 0.3) is 0 Å². The molecule has 76 valence electrons. The van der Waals surface area contributed by atoms with Crippen LogP contribution in [-0.2, 0) is 9.59 Å². The van der Waals surface area contributed by atoms with Gasteiger partial charge in [-0.15, -0.1) is 0 Å². The maximum atomic E-state index is 13.2. The van der Waals surface area contributed by atoms with Crippen LogP contribution < -0.4 is 0 Å². The molecule has 0 aliphatic carbocycles. The van der Waals surface area contributed by atoms with Crippen LogP contribution in [0.4, 0.5) is 4.39 Å². The van der Waals surface area contributed by atoms with Crippen LogP contribution in [0.2, 0.25) is 0 Å². The maximum Gasteiger partial charge on any atom is 0.145 e. The van der Waals surface area contributed by atoms with Crippen molar-refractivity contribution in [3.05, 3.63) is 35.2 Å². The SMILES string of the molecule is C\C=C(CC=O)/C(F)=C\C=C(/C)C=O. The van der Waals surface area contributed by atoms with Gasteiger partial charge in [-0.2, -0.15) is 0 Å². The molecule has 0 saturated heterocycles. The van der Waals surface area contributed by atoms with Crippen molar-refractivity contribution in [1.29, 1.82) is 0 Å². The third-order valence-electron chi connectivity index (χ3n) is 1.64. The Labute approximate surface area is 82.8 Å². The Morgan fingerprint density at radius 2 is 1.93 bits per heavy atom. The van der Waals surface area contributed by atoms with Gasteiger partial charge in [-0.25, -0.2) is 4.39 Å². The lowest BCUT2D eigenvalue weighted by Crippen LogP contribution is -1.85. The first kappa shape index (κ1) is 12.5. The van der Waals surface area contributed by atoms with Crippen LogP contribution in [0.1, 0.15) is 20.3 Å². The number of carbonyl (C=O) groups is 2. The number of rotatable bonds is 5. The maximum absolute atomic E-state index is 13.2. The zero-order chi connectivity index (χ0) is 11.0. The number of hydrogen-bond donors (Lipinski definition) is 0. The summed E-state index contributed by atoms with van der Waals surface area (Å²) >= 11 is 0. The molecular formula is C11H13FO2. The van der Waals surface area contributed by atoms with E-state index in [1.807, 2.05) is 0 Å². The average Bonchev–Trinajstić information content (AvgIpc) is 2.21. The van der Waals surface area contributed by atoms with Gasteiger partial charge in [-0.3, -0.25) is 4.79 Å². The van der Waals surface area contributed by atoms with Crippen molar-refractivity contribution in [2.75, 3.05) is 0 Å². The molecule has 0 aliphatic rings. The first-order valence-corrected chi connectivity index (χ1v) is 4.24. The fourth-order valence-electron chi connectivity index (χ4n) is 0.794. The lowest BCUT2D eigenvalue weighted by molar-refractivity contribution is -0.107. The van der Waals surface area contributed by atoms with Crippen molar-refractivity contribution in [2.45, 2.75) is 20.3 Å². The summed E-state index contributed by atoms with van der Waals surface area (Å²) in [6.07, 6.45) is 5.41. The molecule has 0 atom stereocenters. The molecule has 0 heterocycles. The van der Waals surface area contributed by atoms with Gasteiger partial charge in [0.1, 0.15) is 18.4 Å². The van der Waals surface area contributed by atoms with Crippen molar-refractivity contribution < 1.29 is 14.0 Å². The minimum absolute atomic E-state index is 0.0484. The van der Waals surface area contributed by atoms with Crippen molar-refractivity contribution in [3.8, 4) is 0 Å². The van der Waals surface area contributed by atoms with Crippen molar-refractivity contribution in [1.82, 2.24) is 0 Å². The number of hydrogen-bond acceptors (Lipinski definition) is 2. The normalized spacial score (nSPS) is 14.1. The van der Waals surface area contributed by atoms with Gasteiger partial charge >= 0.3 is 0 Å². The van der Waals surface area contributed by atoms with E-state index in [0.717, 1.165) is 0 Å². The van der Waals surface area contributed by atoms with E-state index in [2.05, 4.69) is 0 Å². The third-order valence-corrected chi connectivity index (χ3v) is 1.64. The van der Waals surface area contributed by atoms with E-state index < -0.39 is 5.83 Å². The van der Waals surface area contributed by atoms with Gasteiger partial charge in [-0.05, 0) is 31.1 Å². The smallest absolute Gasteiger partial charge is 0.145 e. The Bertz CT molecular complexity index is 298. The quantitative estimate of drug-likeness (QED) is 0.384. The number of halogens is 1. The minimum atomic E-state index is -0.485. The fourth-order valence-corrected chi connectivity index (χ4v) is 0.794. The summed E-state index contributed by atoms with van der Waals surface area (Å²) in [4.78, 5) is 20.4. The molecule has 2 nitrogen and oxygen atoms in total. The van der Waals surface area contributed by atoms with Crippen LogP contribution in [0.5, 0.6) is 0 Å². The fraction of sp³-hybridized carbons (Fsp3) is 0.273. The second kappa shape index (κ2) is 6.95. The third kappa shape index (κ3) is 4.50. The molecule has 0 fully saturated rings. The molecule has 0 aliphatic heterocycles. The van der Waals surface area contributed by atoms with Crippen LogP contribution in [0.25, 0.3) is 0 Å². The van der Waals surface area contributed by atoms with Gasteiger partial charge in [0.15, 0.2) is 0 Å². The monoisotopic (exact) mass is 196 g/mol. The van der Waals surface area contributed by atoms with E-state index in [1.54, 1.807) is 13.8 Å². The molecule has 0 rings (SSSR count). The van der Waals surface area contributed by atoms with E-state index in [1.165, 1.54) is 18.2 Å². The average molecular weight is 196 g/mol. The first-order valence-electron chi connectivity index (χ1n) is 4.24. The summed E-state index contributed by atoms with van der Waals surface area (Å²) in [5.74, 6) is -0.485. The van der Waals surface area contributed by atoms with Crippen molar-refractivity contribution in [2.24, 2.45) is 0 Å². The predicted octanol–water partition coefficient (Wildman–Crippen LogP) is 2.52. The van der Waals surface area contributed by atoms with E-state index in [-0.39, 0.29) is 6.42 Å². The molecule has 0 aromatic heterocycles. The zero-order valence-electron chi connectivity index (χ0n) is 8.29. The highest BCUT2D eigenvalue weighted by Gasteiger charge is 2.00. The van der Waals surface area contributed by atoms with Crippen LogP contribution in [0, 0.1) is 0 Å². The molecule has 14 heavy (non-hydrogen) atoms. The summed E-state index contributed by atoms with van der Waals surface area (Å²) in [5, 5.41) is 0. The van der Waals surface area contributed by atoms with Gasteiger partial charge in [-0.1, -0.05) is 12.2 Å². The van der Waals surface area contributed by atoms with Gasteiger partial charge in [0.2, 0.25) is 0 Å². The van der Waals surface area contributed by atoms with E-state index >= 15 is 0 Å². The summed E-state index contributed by atoms with van der Waals surface area (Å²) < 4.78 is 13.2. The largest absolute Gasteiger partial charge is 0.303 e. The summed E-state index contributed by atoms with van der Waals surface area (Å²) in [6.45, 7) is 3.23. The molecule has 3 heteroatoms. The summed E-state index contributed by atoms with van der Waals surface area (Å²) in [5.41, 5.74) is 0.761. The summed E-state index contributed by atoms with van der Waals surface area (Å²) in [6, 6.07) is 0. The van der Waals surface area contributed by atoms with E-state index in [9.17, 15) is 14.0 Å². The number of carbonyl (C=O) groups excluding carboxylic acids is 2. The standard InChI is InChI=1S/C11H13FO2/c1-3-10(6-7-13)11(12)5-4-9(2)8-14/h3-5,7-8H,6H2,1-2H3/b9-4+,10-3-,11-5+. The summed E-state index contributed by atoms with van der Waals surface area (Å²) in [7, 11) is 0. The molecule has 0 unspecified atom stereocenters. The van der Waals surface area contributed by atoms with Crippen molar-refractivity contribution >= 4 is 12.6 Å². The number of allylic oxidation sites excluding steroid dienone is 6. The topological polar surface area (TPSA) is 34.1 Å². The Kier molecular flexibility index (Phi) is 6.20. The molecule has 0 spiro atoms. The highest BCUT2D eigenvalue weighted by molar-refractivity contribution is 5.72. The second-order valence-electron chi connectivity index (χ2n) is 2.73. The van der Waals surface area contributed by atoms with Crippen LogP contribution in [0.3, 0.4) is 0 Å². The molecule has 0 aromatic rings. The molecule has 0 bridgehead atoms. The van der Waals surface area contributed by atoms with Crippen molar-refractivity contribution in [3.63, 3.8) is 0 Å². The molecule has 0 aromatic carbocycles. The lowest BCUT2D eigenvalue weighted by Gasteiger charge is -1.97. The van der Waals surface area contributed by atoms with E-state index in [4.69, 9.17) is 0 Å². The molecule has 0 N–H and O–H groups in total. The zero-order valence-corrected chi connectivity index (χ0v) is 8.29. The van der Waals surface area contributed by atoms with Crippen LogP contribution in [0.15, 0.2) is 35.2 Å². The van der Waals surface area contributed by atoms with Crippen LogP contribution >= 0.6 is 0 Å². The molecule has 0 radical (unpaired) electrons. The molecular weight excluding hydrogens is 183 g/mol. The Morgan fingerprint density at radius 3 is 2.36 bits per heavy atom. The highest BCUT2D eigenvalue weighted by Crippen LogP contribution is 2.14. The van der Waals surface area contributed by atoms with E-state index in [0.29, 0.717) is 23.7 Å². The first-order chi connectivity index (χ1) is 6.65.